The molecular weight excluding hydrogens is 258 g/mol. The molecule has 4 nitrogen and oxygen atoms in total. The van der Waals surface area contributed by atoms with E-state index in [4.69, 9.17) is 5.73 Å². The summed E-state index contributed by atoms with van der Waals surface area (Å²) in [6.45, 7) is 0. The first-order valence-electron chi connectivity index (χ1n) is 4.63. The Morgan fingerprint density at radius 1 is 1.39 bits per heavy atom. The van der Waals surface area contributed by atoms with Crippen molar-refractivity contribution < 1.29 is 31.8 Å². The number of rotatable bonds is 3. The van der Waals surface area contributed by atoms with Gasteiger partial charge in [0.1, 0.15) is 17.6 Å². The van der Waals surface area contributed by atoms with Crippen LogP contribution in [0.3, 0.4) is 0 Å². The van der Waals surface area contributed by atoms with Gasteiger partial charge in [0.15, 0.2) is 0 Å². The van der Waals surface area contributed by atoms with Crippen LogP contribution < -0.4 is 10.5 Å². The summed E-state index contributed by atoms with van der Waals surface area (Å²) < 4.78 is 57.1. The number of methoxy groups -OCH3 is 1. The molecule has 2 N–H and O–H groups in total. The van der Waals surface area contributed by atoms with Gasteiger partial charge in [0.05, 0.1) is 7.11 Å². The molecule has 0 aromatic heterocycles. The van der Waals surface area contributed by atoms with Crippen LogP contribution in [-0.4, -0.2) is 19.4 Å². The molecule has 1 atom stereocenters. The van der Waals surface area contributed by atoms with Crippen molar-refractivity contribution in [3.63, 3.8) is 0 Å². The SMILES string of the molecule is COC(=O)[C@@H](N)c1cc(OC(F)(F)F)ccc1F. The highest BCUT2D eigenvalue weighted by atomic mass is 19.4. The van der Waals surface area contributed by atoms with E-state index in [0.717, 1.165) is 19.2 Å². The molecule has 1 rings (SSSR count). The minimum Gasteiger partial charge on any atom is -0.468 e. The Balaban J connectivity index is 3.05. The van der Waals surface area contributed by atoms with E-state index in [9.17, 15) is 22.4 Å². The molecule has 0 amide bonds. The van der Waals surface area contributed by atoms with E-state index in [0.29, 0.717) is 6.07 Å². The Bertz CT molecular complexity index is 447. The van der Waals surface area contributed by atoms with E-state index < -0.39 is 35.5 Å². The zero-order chi connectivity index (χ0) is 13.9. The van der Waals surface area contributed by atoms with Crippen molar-refractivity contribution in [2.45, 2.75) is 12.4 Å². The van der Waals surface area contributed by atoms with Gasteiger partial charge < -0.3 is 15.2 Å². The van der Waals surface area contributed by atoms with Gasteiger partial charge in [-0.1, -0.05) is 0 Å². The second kappa shape index (κ2) is 5.21. The van der Waals surface area contributed by atoms with Crippen LogP contribution in [0.15, 0.2) is 18.2 Å². The topological polar surface area (TPSA) is 61.5 Å². The lowest BCUT2D eigenvalue weighted by Crippen LogP contribution is -2.24. The second-order valence-electron chi connectivity index (χ2n) is 3.23. The summed E-state index contributed by atoms with van der Waals surface area (Å²) >= 11 is 0. The lowest BCUT2D eigenvalue weighted by atomic mass is 10.1. The number of alkyl halides is 3. The average Bonchev–Trinajstić information content (AvgIpc) is 2.28. The van der Waals surface area contributed by atoms with E-state index in [1.54, 1.807) is 0 Å². The summed E-state index contributed by atoms with van der Waals surface area (Å²) in [7, 11) is 1.02. The van der Waals surface area contributed by atoms with Gasteiger partial charge in [-0.05, 0) is 18.2 Å². The molecule has 0 unspecified atom stereocenters. The van der Waals surface area contributed by atoms with Gasteiger partial charge in [0.25, 0.3) is 0 Å². The van der Waals surface area contributed by atoms with Gasteiger partial charge >= 0.3 is 12.3 Å². The third-order valence-corrected chi connectivity index (χ3v) is 1.99. The molecule has 0 fully saturated rings. The zero-order valence-corrected chi connectivity index (χ0v) is 9.12. The molecule has 8 heteroatoms. The highest BCUT2D eigenvalue weighted by molar-refractivity contribution is 5.77. The summed E-state index contributed by atoms with van der Waals surface area (Å²) in [5.41, 5.74) is 4.89. The van der Waals surface area contributed by atoms with Crippen LogP contribution >= 0.6 is 0 Å². The number of ether oxygens (including phenoxy) is 2. The van der Waals surface area contributed by atoms with Gasteiger partial charge in [0, 0.05) is 5.56 Å². The monoisotopic (exact) mass is 267 g/mol. The van der Waals surface area contributed by atoms with E-state index in [-0.39, 0.29) is 0 Å². The number of nitrogens with two attached hydrogens (primary N) is 1. The molecule has 0 aliphatic carbocycles. The fourth-order valence-corrected chi connectivity index (χ4v) is 1.21. The zero-order valence-electron chi connectivity index (χ0n) is 9.12. The van der Waals surface area contributed by atoms with E-state index in [1.165, 1.54) is 0 Å². The Hall–Kier alpha value is -1.83. The first kappa shape index (κ1) is 14.2. The Labute approximate surface area is 99.3 Å². The molecule has 0 radical (unpaired) electrons. The molecule has 100 valence electrons. The number of carbonyl (C=O) groups excluding carboxylic acids is 1. The van der Waals surface area contributed by atoms with Crippen molar-refractivity contribution >= 4 is 5.97 Å². The number of benzene rings is 1. The molecule has 0 heterocycles. The maximum absolute atomic E-state index is 13.3. The highest BCUT2D eigenvalue weighted by Crippen LogP contribution is 2.27. The average molecular weight is 267 g/mol. The van der Waals surface area contributed by atoms with Crippen LogP contribution in [0.2, 0.25) is 0 Å². The first-order valence-corrected chi connectivity index (χ1v) is 4.63. The molecule has 0 aliphatic heterocycles. The number of hydrogen-bond donors (Lipinski definition) is 1. The molecule has 0 saturated carbocycles. The van der Waals surface area contributed by atoms with Crippen LogP contribution in [0.5, 0.6) is 5.75 Å². The summed E-state index contributed by atoms with van der Waals surface area (Å²) in [5, 5.41) is 0. The third kappa shape index (κ3) is 3.59. The quantitative estimate of drug-likeness (QED) is 0.671. The van der Waals surface area contributed by atoms with Crippen molar-refractivity contribution in [3.8, 4) is 5.75 Å². The van der Waals surface area contributed by atoms with Gasteiger partial charge in [-0.3, -0.25) is 4.79 Å². The van der Waals surface area contributed by atoms with Crippen molar-refractivity contribution in [1.82, 2.24) is 0 Å². The van der Waals surface area contributed by atoms with E-state index in [1.807, 2.05) is 0 Å². The van der Waals surface area contributed by atoms with Crippen molar-refractivity contribution in [3.05, 3.63) is 29.6 Å². The lowest BCUT2D eigenvalue weighted by Gasteiger charge is -2.13. The van der Waals surface area contributed by atoms with E-state index >= 15 is 0 Å². The van der Waals surface area contributed by atoms with Gasteiger partial charge in [-0.15, -0.1) is 13.2 Å². The number of hydrogen-bond acceptors (Lipinski definition) is 4. The second-order valence-corrected chi connectivity index (χ2v) is 3.23. The van der Waals surface area contributed by atoms with Crippen molar-refractivity contribution in [2.24, 2.45) is 5.73 Å². The molecule has 1 aromatic rings. The Morgan fingerprint density at radius 2 is 2.00 bits per heavy atom. The smallest absolute Gasteiger partial charge is 0.468 e. The molecule has 1 aromatic carbocycles. The van der Waals surface area contributed by atoms with Gasteiger partial charge in [-0.25, -0.2) is 4.39 Å². The number of carbonyl (C=O) groups is 1. The molecular formula is C10H9F4NO3. The maximum Gasteiger partial charge on any atom is 0.573 e. The van der Waals surface area contributed by atoms with Gasteiger partial charge in [-0.2, -0.15) is 0 Å². The number of esters is 1. The fourth-order valence-electron chi connectivity index (χ4n) is 1.21. The molecule has 0 aliphatic rings. The molecule has 0 saturated heterocycles. The molecule has 18 heavy (non-hydrogen) atoms. The first-order chi connectivity index (χ1) is 8.24. The minimum absolute atomic E-state index is 0.441. The van der Waals surface area contributed by atoms with Crippen LogP contribution in [0, 0.1) is 5.82 Å². The summed E-state index contributed by atoms with van der Waals surface area (Å²) in [5.74, 6) is -2.57. The van der Waals surface area contributed by atoms with Crippen molar-refractivity contribution in [1.29, 1.82) is 0 Å². The predicted octanol–water partition coefficient (Wildman–Crippen LogP) is 1.90. The number of halogens is 4. The largest absolute Gasteiger partial charge is 0.573 e. The normalized spacial score (nSPS) is 13.0. The molecule has 0 spiro atoms. The standard InChI is InChI=1S/C10H9F4NO3/c1-17-9(16)8(15)6-4-5(2-3-7(6)11)18-10(12,13)14/h2-4,8H,15H2,1H3/t8-/m0/s1. The highest BCUT2D eigenvalue weighted by Gasteiger charge is 2.32. The Kier molecular flexibility index (Phi) is 4.12. The molecule has 0 bridgehead atoms. The van der Waals surface area contributed by atoms with Crippen molar-refractivity contribution in [2.75, 3.05) is 7.11 Å². The van der Waals surface area contributed by atoms with Crippen LogP contribution in [0.4, 0.5) is 17.6 Å². The van der Waals surface area contributed by atoms with Gasteiger partial charge in [0.2, 0.25) is 0 Å². The predicted molar refractivity (Wildman–Crippen MR) is 52.0 cm³/mol. The van der Waals surface area contributed by atoms with Crippen LogP contribution in [-0.2, 0) is 9.53 Å². The summed E-state index contributed by atoms with van der Waals surface area (Å²) in [6, 6.07) is 0.673. The van der Waals surface area contributed by atoms with Crippen LogP contribution in [0.25, 0.3) is 0 Å². The third-order valence-electron chi connectivity index (χ3n) is 1.99. The lowest BCUT2D eigenvalue weighted by molar-refractivity contribution is -0.274. The Morgan fingerprint density at radius 3 is 2.50 bits per heavy atom. The maximum atomic E-state index is 13.3. The summed E-state index contributed by atoms with van der Waals surface area (Å²) in [4.78, 5) is 11.1. The summed E-state index contributed by atoms with van der Waals surface area (Å²) in [6.07, 6.45) is -4.91. The van der Waals surface area contributed by atoms with E-state index in [2.05, 4.69) is 9.47 Å². The minimum atomic E-state index is -4.91. The van der Waals surface area contributed by atoms with Crippen LogP contribution in [0.1, 0.15) is 11.6 Å². The fraction of sp³-hybridized carbons (Fsp3) is 0.300.